The Morgan fingerprint density at radius 1 is 1.35 bits per heavy atom. The number of esters is 1. The fourth-order valence-electron chi connectivity index (χ4n) is 2.29. The molecule has 0 unspecified atom stereocenters. The first-order chi connectivity index (χ1) is 11.0. The summed E-state index contributed by atoms with van der Waals surface area (Å²) in [6.45, 7) is 4.00. The largest absolute Gasteiger partial charge is 0.457 e. The summed E-state index contributed by atoms with van der Waals surface area (Å²) in [4.78, 5) is 24.1. The van der Waals surface area contributed by atoms with Gasteiger partial charge in [0.2, 0.25) is 11.9 Å². The lowest BCUT2D eigenvalue weighted by Crippen LogP contribution is -2.12. The minimum Gasteiger partial charge on any atom is -0.457 e. The number of aromatic nitrogens is 3. The zero-order valence-electron chi connectivity index (χ0n) is 13.1. The van der Waals surface area contributed by atoms with E-state index in [-0.39, 0.29) is 24.4 Å². The Labute approximate surface area is 134 Å². The Balaban J connectivity index is 1.69. The molecule has 2 atom stereocenters. The van der Waals surface area contributed by atoms with Gasteiger partial charge in [-0.05, 0) is 30.9 Å². The number of benzene rings is 1. The van der Waals surface area contributed by atoms with Gasteiger partial charge in [-0.3, -0.25) is 4.79 Å². The number of hydrogen-bond acceptors (Lipinski definition) is 7. The first kappa shape index (κ1) is 15.2. The van der Waals surface area contributed by atoms with E-state index in [4.69, 9.17) is 10.5 Å². The third-order valence-corrected chi connectivity index (χ3v) is 3.85. The van der Waals surface area contributed by atoms with Crippen molar-refractivity contribution in [3.8, 4) is 0 Å². The topological polar surface area (TPSA) is 103 Å². The number of anilines is 3. The highest BCUT2D eigenvalue weighted by molar-refractivity contribution is 5.75. The van der Waals surface area contributed by atoms with Crippen molar-refractivity contribution in [2.24, 2.45) is 11.8 Å². The minimum absolute atomic E-state index is 0.00275. The lowest BCUT2D eigenvalue weighted by Gasteiger charge is -2.09. The Morgan fingerprint density at radius 3 is 2.78 bits per heavy atom. The zero-order valence-corrected chi connectivity index (χ0v) is 13.1. The summed E-state index contributed by atoms with van der Waals surface area (Å²) < 4.78 is 5.23. The molecule has 1 aliphatic rings. The van der Waals surface area contributed by atoms with E-state index in [2.05, 4.69) is 20.3 Å². The third-order valence-electron chi connectivity index (χ3n) is 3.85. The molecule has 1 heterocycles. The molecule has 2 aromatic rings. The van der Waals surface area contributed by atoms with Crippen LogP contribution >= 0.6 is 0 Å². The lowest BCUT2D eigenvalue weighted by atomic mass is 10.2. The number of rotatable bonds is 5. The zero-order chi connectivity index (χ0) is 16.4. The number of aryl methyl sites for hydroxylation is 1. The summed E-state index contributed by atoms with van der Waals surface area (Å²) in [6.07, 6.45) is 0.887. The molecule has 1 aliphatic carbocycles. The highest BCUT2D eigenvalue weighted by Gasteiger charge is 2.40. The van der Waals surface area contributed by atoms with Crippen molar-refractivity contribution in [2.45, 2.75) is 26.9 Å². The fraction of sp³-hybridized carbons (Fsp3) is 0.375. The molecule has 0 amide bonds. The van der Waals surface area contributed by atoms with Crippen LogP contribution in [0.4, 0.5) is 17.6 Å². The first-order valence-electron chi connectivity index (χ1n) is 7.52. The highest BCUT2D eigenvalue weighted by Crippen LogP contribution is 2.38. The number of nitrogens with two attached hydrogens (primary N) is 1. The van der Waals surface area contributed by atoms with Crippen LogP contribution in [0.25, 0.3) is 0 Å². The lowest BCUT2D eigenvalue weighted by molar-refractivity contribution is -0.147. The van der Waals surface area contributed by atoms with Crippen molar-refractivity contribution >= 4 is 23.6 Å². The molecule has 1 fully saturated rings. The number of para-hydroxylation sites is 1. The second kappa shape index (κ2) is 6.20. The molecule has 3 N–H and O–H groups in total. The van der Waals surface area contributed by atoms with Crippen LogP contribution in [0.1, 0.15) is 24.7 Å². The molecule has 120 valence electrons. The number of carbonyl (C=O) groups is 1. The number of carbonyl (C=O) groups excluding carboxylic acids is 1. The Kier molecular flexibility index (Phi) is 4.10. The van der Waals surface area contributed by atoms with E-state index in [1.165, 1.54) is 0 Å². The number of nitrogen functional groups attached to an aromatic ring is 1. The molecule has 23 heavy (non-hydrogen) atoms. The van der Waals surface area contributed by atoms with Gasteiger partial charge in [-0.1, -0.05) is 25.1 Å². The minimum atomic E-state index is -0.204. The van der Waals surface area contributed by atoms with Crippen LogP contribution in [-0.2, 0) is 16.1 Å². The van der Waals surface area contributed by atoms with Gasteiger partial charge in [0.25, 0.3) is 0 Å². The van der Waals surface area contributed by atoms with Gasteiger partial charge in [-0.25, -0.2) is 0 Å². The van der Waals surface area contributed by atoms with Gasteiger partial charge in [0, 0.05) is 5.69 Å². The van der Waals surface area contributed by atoms with Gasteiger partial charge < -0.3 is 15.8 Å². The van der Waals surface area contributed by atoms with E-state index >= 15 is 0 Å². The molecule has 0 spiro atoms. The summed E-state index contributed by atoms with van der Waals surface area (Å²) in [7, 11) is 0. The maximum atomic E-state index is 11.8. The van der Waals surface area contributed by atoms with Gasteiger partial charge >= 0.3 is 5.97 Å². The first-order valence-corrected chi connectivity index (χ1v) is 7.52. The SMILES string of the molecule is Cc1ccccc1Nc1nc(N)nc(COC(=O)[C@H]2C[C@H]2C)n1. The number of nitrogens with one attached hydrogen (secondary N) is 1. The monoisotopic (exact) mass is 313 g/mol. The van der Waals surface area contributed by atoms with E-state index < -0.39 is 0 Å². The summed E-state index contributed by atoms with van der Waals surface area (Å²) in [6, 6.07) is 7.77. The molecule has 1 aromatic heterocycles. The molecule has 7 heteroatoms. The van der Waals surface area contributed by atoms with Crippen molar-refractivity contribution < 1.29 is 9.53 Å². The number of nitrogens with zero attached hydrogens (tertiary/aromatic N) is 3. The van der Waals surface area contributed by atoms with Crippen LogP contribution in [0.2, 0.25) is 0 Å². The van der Waals surface area contributed by atoms with Crippen molar-refractivity contribution in [3.05, 3.63) is 35.7 Å². The second-order valence-corrected chi connectivity index (χ2v) is 5.80. The normalized spacial score (nSPS) is 19.2. The van der Waals surface area contributed by atoms with Crippen LogP contribution in [0.15, 0.2) is 24.3 Å². The molecular formula is C16H19N5O2. The average Bonchev–Trinajstić information content (AvgIpc) is 3.24. The molecular weight excluding hydrogens is 294 g/mol. The molecule has 0 saturated heterocycles. The van der Waals surface area contributed by atoms with Crippen LogP contribution in [0.3, 0.4) is 0 Å². The Bertz CT molecular complexity index is 734. The molecule has 1 aromatic carbocycles. The number of hydrogen-bond donors (Lipinski definition) is 2. The van der Waals surface area contributed by atoms with Gasteiger partial charge in [0.1, 0.15) is 0 Å². The van der Waals surface area contributed by atoms with E-state index in [9.17, 15) is 4.79 Å². The molecule has 1 saturated carbocycles. The Morgan fingerprint density at radius 2 is 2.09 bits per heavy atom. The van der Waals surface area contributed by atoms with Crippen molar-refractivity contribution in [1.82, 2.24) is 15.0 Å². The van der Waals surface area contributed by atoms with Crippen LogP contribution in [0.5, 0.6) is 0 Å². The van der Waals surface area contributed by atoms with Crippen LogP contribution in [0, 0.1) is 18.8 Å². The molecule has 0 bridgehead atoms. The standard InChI is InChI=1S/C16H19N5O2/c1-9-5-3-4-6-12(9)18-16-20-13(19-15(17)21-16)8-23-14(22)11-7-10(11)2/h3-6,10-11H,7-8H2,1-2H3,(H3,17,18,19,20,21)/t10-,11+/m1/s1. The van der Waals surface area contributed by atoms with Crippen molar-refractivity contribution in [3.63, 3.8) is 0 Å². The maximum Gasteiger partial charge on any atom is 0.309 e. The van der Waals surface area contributed by atoms with Gasteiger partial charge in [-0.2, -0.15) is 15.0 Å². The summed E-state index contributed by atoms with van der Waals surface area (Å²) in [5.74, 6) is 0.961. The summed E-state index contributed by atoms with van der Waals surface area (Å²) >= 11 is 0. The maximum absolute atomic E-state index is 11.8. The quantitative estimate of drug-likeness (QED) is 0.816. The van der Waals surface area contributed by atoms with Crippen LogP contribution in [-0.4, -0.2) is 20.9 Å². The Hall–Kier alpha value is -2.70. The van der Waals surface area contributed by atoms with E-state index in [0.717, 1.165) is 17.7 Å². The number of ether oxygens (including phenoxy) is 1. The molecule has 7 nitrogen and oxygen atoms in total. The third kappa shape index (κ3) is 3.74. The molecule has 3 rings (SSSR count). The fourth-order valence-corrected chi connectivity index (χ4v) is 2.29. The van der Waals surface area contributed by atoms with Gasteiger partial charge in [0.05, 0.1) is 5.92 Å². The van der Waals surface area contributed by atoms with E-state index in [0.29, 0.717) is 17.7 Å². The molecule has 0 aliphatic heterocycles. The van der Waals surface area contributed by atoms with Crippen molar-refractivity contribution in [2.75, 3.05) is 11.1 Å². The van der Waals surface area contributed by atoms with Crippen molar-refractivity contribution in [1.29, 1.82) is 0 Å². The molecule has 0 radical (unpaired) electrons. The van der Waals surface area contributed by atoms with Gasteiger partial charge in [-0.15, -0.1) is 0 Å². The van der Waals surface area contributed by atoms with E-state index in [1.54, 1.807) is 0 Å². The van der Waals surface area contributed by atoms with Crippen LogP contribution < -0.4 is 11.1 Å². The summed E-state index contributed by atoms with van der Waals surface area (Å²) in [5.41, 5.74) is 7.65. The second-order valence-electron chi connectivity index (χ2n) is 5.80. The average molecular weight is 313 g/mol. The predicted molar refractivity (Wildman–Crippen MR) is 85.8 cm³/mol. The predicted octanol–water partition coefficient (Wildman–Crippen LogP) is 2.21. The smallest absolute Gasteiger partial charge is 0.309 e. The van der Waals surface area contributed by atoms with E-state index in [1.807, 2.05) is 38.1 Å². The highest BCUT2D eigenvalue weighted by atomic mass is 16.5. The summed E-state index contributed by atoms with van der Waals surface area (Å²) in [5, 5.41) is 3.10. The van der Waals surface area contributed by atoms with Gasteiger partial charge in [0.15, 0.2) is 12.4 Å².